The van der Waals surface area contributed by atoms with E-state index in [4.69, 9.17) is 30.2 Å². The lowest BCUT2D eigenvalue weighted by atomic mass is 10.1. The third-order valence-corrected chi connectivity index (χ3v) is 3.42. The zero-order valence-electron chi connectivity index (χ0n) is 12.2. The van der Waals surface area contributed by atoms with Gasteiger partial charge in [0.05, 0.1) is 4.47 Å². The van der Waals surface area contributed by atoms with Crippen LogP contribution in [0.2, 0.25) is 0 Å². The van der Waals surface area contributed by atoms with Gasteiger partial charge in [-0.2, -0.15) is 0 Å². The standard InChI is InChI=1S/C14H10BrClO8/c1-20-6-22-11-4-10-8(3-9(11)15)7(2-12(17)23-10)5-21-14(19)24-13(16)18/h2-4H,5-6H2,1H3. The van der Waals surface area contributed by atoms with Crippen LogP contribution in [-0.2, 0) is 20.8 Å². The first-order valence-corrected chi connectivity index (χ1v) is 7.50. The Balaban J connectivity index is 2.33. The summed E-state index contributed by atoms with van der Waals surface area (Å²) in [5.41, 5.74) is -1.40. The van der Waals surface area contributed by atoms with Gasteiger partial charge in [-0.1, -0.05) is 0 Å². The van der Waals surface area contributed by atoms with Crippen molar-refractivity contribution in [1.29, 1.82) is 0 Å². The highest BCUT2D eigenvalue weighted by Crippen LogP contribution is 2.31. The van der Waals surface area contributed by atoms with E-state index < -0.39 is 17.2 Å². The number of methoxy groups -OCH3 is 1. The summed E-state index contributed by atoms with van der Waals surface area (Å²) in [5, 5.41) is 0.497. The van der Waals surface area contributed by atoms with Crippen molar-refractivity contribution in [3.63, 3.8) is 0 Å². The van der Waals surface area contributed by atoms with Gasteiger partial charge in [0, 0.05) is 41.8 Å². The van der Waals surface area contributed by atoms with Crippen LogP contribution in [0.25, 0.3) is 11.0 Å². The van der Waals surface area contributed by atoms with Gasteiger partial charge in [0.15, 0.2) is 6.79 Å². The SMILES string of the molecule is COCOc1cc2oc(=O)cc(COC(=O)OC(=O)Cl)c2cc1Br. The fraction of sp³-hybridized carbons (Fsp3) is 0.214. The summed E-state index contributed by atoms with van der Waals surface area (Å²) in [6, 6.07) is 4.27. The van der Waals surface area contributed by atoms with E-state index >= 15 is 0 Å². The van der Waals surface area contributed by atoms with Gasteiger partial charge in [0.2, 0.25) is 0 Å². The smallest absolute Gasteiger partial charge is 0.466 e. The van der Waals surface area contributed by atoms with Crippen molar-refractivity contribution in [2.45, 2.75) is 6.61 Å². The molecule has 24 heavy (non-hydrogen) atoms. The van der Waals surface area contributed by atoms with E-state index in [1.807, 2.05) is 0 Å². The molecule has 0 unspecified atom stereocenters. The third kappa shape index (κ3) is 4.70. The maximum atomic E-state index is 11.6. The second-order valence-corrected chi connectivity index (χ2v) is 5.46. The summed E-state index contributed by atoms with van der Waals surface area (Å²) in [5.74, 6) is 0.401. The van der Waals surface area contributed by atoms with Crippen molar-refractivity contribution in [2.75, 3.05) is 13.9 Å². The lowest BCUT2D eigenvalue weighted by Crippen LogP contribution is -2.10. The fourth-order valence-corrected chi connectivity index (χ4v) is 2.33. The van der Waals surface area contributed by atoms with Crippen LogP contribution >= 0.6 is 27.5 Å². The van der Waals surface area contributed by atoms with E-state index in [1.54, 1.807) is 6.07 Å². The van der Waals surface area contributed by atoms with Gasteiger partial charge >= 0.3 is 17.2 Å². The molecule has 2 aromatic rings. The number of carbonyl (C=O) groups is 2. The van der Waals surface area contributed by atoms with Gasteiger partial charge in [-0.25, -0.2) is 14.4 Å². The molecule has 0 saturated carbocycles. The normalized spacial score (nSPS) is 10.5. The van der Waals surface area contributed by atoms with Crippen molar-refractivity contribution in [3.8, 4) is 5.75 Å². The van der Waals surface area contributed by atoms with E-state index in [1.165, 1.54) is 13.2 Å². The number of benzene rings is 1. The maximum absolute atomic E-state index is 11.6. The zero-order valence-corrected chi connectivity index (χ0v) is 14.5. The number of fused-ring (bicyclic) bond motifs is 1. The molecule has 0 amide bonds. The molecule has 0 bridgehead atoms. The Morgan fingerprint density at radius 2 is 2.04 bits per heavy atom. The van der Waals surface area contributed by atoms with Crippen molar-refractivity contribution >= 4 is 50.1 Å². The molecule has 0 spiro atoms. The Morgan fingerprint density at radius 3 is 2.71 bits per heavy atom. The fourth-order valence-electron chi connectivity index (χ4n) is 1.81. The van der Waals surface area contributed by atoms with Gasteiger partial charge in [-0.15, -0.1) is 0 Å². The average molecular weight is 422 g/mol. The molecule has 0 N–H and O–H groups in total. The van der Waals surface area contributed by atoms with Crippen molar-refractivity contribution < 1.29 is 33.0 Å². The monoisotopic (exact) mass is 420 g/mol. The molecular weight excluding hydrogens is 412 g/mol. The van der Waals surface area contributed by atoms with Crippen LogP contribution in [0.3, 0.4) is 0 Å². The van der Waals surface area contributed by atoms with Gasteiger partial charge < -0.3 is 23.4 Å². The van der Waals surface area contributed by atoms with Crippen LogP contribution in [0.15, 0.2) is 31.9 Å². The molecule has 1 heterocycles. The predicted octanol–water partition coefficient (Wildman–Crippen LogP) is 3.55. The Hall–Kier alpha value is -2.10. The highest BCUT2D eigenvalue weighted by molar-refractivity contribution is 9.10. The number of ether oxygens (including phenoxy) is 4. The van der Waals surface area contributed by atoms with Crippen LogP contribution in [0.5, 0.6) is 5.75 Å². The first-order valence-electron chi connectivity index (χ1n) is 6.32. The highest BCUT2D eigenvalue weighted by atomic mass is 79.9. The van der Waals surface area contributed by atoms with Crippen LogP contribution in [0, 0.1) is 0 Å². The average Bonchev–Trinajstić information content (AvgIpc) is 2.50. The molecule has 0 aliphatic carbocycles. The second kappa shape index (κ2) is 8.13. The van der Waals surface area contributed by atoms with E-state index in [-0.39, 0.29) is 19.0 Å². The minimum Gasteiger partial charge on any atom is -0.466 e. The van der Waals surface area contributed by atoms with Crippen LogP contribution < -0.4 is 10.4 Å². The minimum atomic E-state index is -1.32. The molecule has 8 nitrogen and oxygen atoms in total. The van der Waals surface area contributed by atoms with Crippen LogP contribution in [0.4, 0.5) is 9.59 Å². The Labute approximate surface area is 148 Å². The molecule has 0 atom stereocenters. The van der Waals surface area contributed by atoms with E-state index in [9.17, 15) is 14.4 Å². The summed E-state index contributed by atoms with van der Waals surface area (Å²) >= 11 is 8.22. The lowest BCUT2D eigenvalue weighted by molar-refractivity contribution is 0.0506. The van der Waals surface area contributed by atoms with Crippen molar-refractivity contribution in [3.05, 3.63) is 38.7 Å². The lowest BCUT2D eigenvalue weighted by Gasteiger charge is -2.10. The Kier molecular flexibility index (Phi) is 6.18. The molecule has 0 aliphatic heterocycles. The van der Waals surface area contributed by atoms with Crippen molar-refractivity contribution in [2.24, 2.45) is 0 Å². The van der Waals surface area contributed by atoms with E-state index in [2.05, 4.69) is 20.7 Å². The molecule has 0 fully saturated rings. The highest BCUT2D eigenvalue weighted by Gasteiger charge is 2.14. The van der Waals surface area contributed by atoms with Gasteiger partial charge in [-0.05, 0) is 22.0 Å². The molecule has 1 aromatic heterocycles. The third-order valence-electron chi connectivity index (χ3n) is 2.72. The molecule has 0 radical (unpaired) electrons. The summed E-state index contributed by atoms with van der Waals surface area (Å²) in [7, 11) is 1.47. The Morgan fingerprint density at radius 1 is 1.29 bits per heavy atom. The molecule has 10 heteroatoms. The predicted molar refractivity (Wildman–Crippen MR) is 85.2 cm³/mol. The zero-order chi connectivity index (χ0) is 17.7. The first-order chi connectivity index (χ1) is 11.4. The largest absolute Gasteiger partial charge is 0.517 e. The quantitative estimate of drug-likeness (QED) is 0.237. The van der Waals surface area contributed by atoms with Gasteiger partial charge in [0.1, 0.15) is 17.9 Å². The molecule has 0 saturated heterocycles. The van der Waals surface area contributed by atoms with Gasteiger partial charge in [0.25, 0.3) is 0 Å². The summed E-state index contributed by atoms with van der Waals surface area (Å²) in [6.07, 6.45) is -1.28. The summed E-state index contributed by atoms with van der Waals surface area (Å²) in [6.45, 7) is -0.314. The first kappa shape index (κ1) is 18.2. The number of rotatable bonds is 5. The molecule has 0 aliphatic rings. The molecule has 128 valence electrons. The second-order valence-electron chi connectivity index (χ2n) is 4.30. The number of carbonyl (C=O) groups excluding carboxylic acids is 2. The van der Waals surface area contributed by atoms with Crippen LogP contribution in [0.1, 0.15) is 5.56 Å². The van der Waals surface area contributed by atoms with Crippen molar-refractivity contribution in [1.82, 2.24) is 0 Å². The summed E-state index contributed by atoms with van der Waals surface area (Å²) < 4.78 is 24.6. The topological polar surface area (TPSA) is 101 Å². The van der Waals surface area contributed by atoms with Crippen LogP contribution in [-0.4, -0.2) is 25.5 Å². The maximum Gasteiger partial charge on any atom is 0.517 e. The van der Waals surface area contributed by atoms with E-state index in [0.717, 1.165) is 6.07 Å². The Bertz CT molecular complexity index is 831. The van der Waals surface area contributed by atoms with Gasteiger partial charge in [-0.3, -0.25) is 0 Å². The summed E-state index contributed by atoms with van der Waals surface area (Å²) in [4.78, 5) is 33.3. The molecular formula is C14H10BrClO8. The van der Waals surface area contributed by atoms with E-state index in [0.29, 0.717) is 21.2 Å². The minimum absolute atomic E-state index is 0.00936. The molecule has 1 aromatic carbocycles. The number of hydrogen-bond acceptors (Lipinski definition) is 8. The number of hydrogen-bond donors (Lipinski definition) is 0. The molecule has 2 rings (SSSR count). The number of halogens is 2.